The third-order valence-electron chi connectivity index (χ3n) is 6.21. The van der Waals surface area contributed by atoms with Gasteiger partial charge in [-0.2, -0.15) is 0 Å². The fraction of sp³-hybridized carbons (Fsp3) is 0.364. The number of rotatable bonds is 5. The molecule has 1 aliphatic carbocycles. The Kier molecular flexibility index (Phi) is 4.96. The van der Waals surface area contributed by atoms with Crippen LogP contribution in [0.4, 0.5) is 17.1 Å². The van der Waals surface area contributed by atoms with Gasteiger partial charge < -0.3 is 20.5 Å². The molecule has 5 nitrogen and oxygen atoms in total. The summed E-state index contributed by atoms with van der Waals surface area (Å²) in [6.45, 7) is 5.36. The van der Waals surface area contributed by atoms with Crippen molar-refractivity contribution in [2.75, 3.05) is 10.6 Å². The Hall–Kier alpha value is -2.82. The second-order valence-corrected chi connectivity index (χ2v) is 7.99. The van der Waals surface area contributed by atoms with Gasteiger partial charge in [0.25, 0.3) is 0 Å². The number of hydrogen-bond acceptors (Lipinski definition) is 4. The first-order valence-corrected chi connectivity index (χ1v) is 9.18. The van der Waals surface area contributed by atoms with Crippen molar-refractivity contribution in [2.45, 2.75) is 33.6 Å². The number of aliphatic carboxylic acids is 1. The average Bonchev–Trinajstić information content (AvgIpc) is 2.88. The largest absolute Gasteiger partial charge is 0.550 e. The summed E-state index contributed by atoms with van der Waals surface area (Å²) in [6, 6.07) is 17.3. The first kappa shape index (κ1) is 19.0. The van der Waals surface area contributed by atoms with Crippen LogP contribution in [0, 0.1) is 16.7 Å². The zero-order chi connectivity index (χ0) is 19.7. The Morgan fingerprint density at radius 1 is 0.926 bits per heavy atom. The second kappa shape index (κ2) is 7.06. The molecule has 0 aromatic heterocycles. The highest BCUT2D eigenvalue weighted by atomic mass is 16.4. The van der Waals surface area contributed by atoms with E-state index in [-0.39, 0.29) is 11.8 Å². The molecule has 2 unspecified atom stereocenters. The fourth-order valence-electron chi connectivity index (χ4n) is 3.88. The molecular weight excluding hydrogens is 340 g/mol. The van der Waals surface area contributed by atoms with Crippen molar-refractivity contribution in [1.29, 1.82) is 0 Å². The van der Waals surface area contributed by atoms with E-state index in [1.165, 1.54) is 0 Å². The number of carboxylic acid groups (broad SMARTS) is 1. The summed E-state index contributed by atoms with van der Waals surface area (Å²) in [5, 5.41) is 17.8. The van der Waals surface area contributed by atoms with E-state index in [1.807, 2.05) is 68.4 Å². The van der Waals surface area contributed by atoms with Crippen LogP contribution in [0.1, 0.15) is 33.6 Å². The average molecular weight is 365 g/mol. The molecule has 0 aliphatic heterocycles. The highest BCUT2D eigenvalue weighted by molar-refractivity contribution is 5.94. The molecule has 3 rings (SSSR count). The molecule has 1 aliphatic rings. The SMILES string of the molecule is CC1(C(=O)[O-])CCC(C(=O)Nc2ccc(Nc3ccccc3)cc2)C1(C)C. The number of carboxylic acids is 1. The van der Waals surface area contributed by atoms with Gasteiger partial charge in [0.15, 0.2) is 0 Å². The van der Waals surface area contributed by atoms with Crippen LogP contribution in [0.5, 0.6) is 0 Å². The number of carbonyl (C=O) groups excluding carboxylic acids is 2. The maximum atomic E-state index is 12.8. The van der Waals surface area contributed by atoms with E-state index in [9.17, 15) is 14.7 Å². The molecule has 0 saturated heterocycles. The molecule has 0 bridgehead atoms. The summed E-state index contributed by atoms with van der Waals surface area (Å²) in [5.74, 6) is -1.60. The van der Waals surface area contributed by atoms with Crippen LogP contribution >= 0.6 is 0 Å². The van der Waals surface area contributed by atoms with E-state index in [2.05, 4.69) is 10.6 Å². The maximum Gasteiger partial charge on any atom is 0.228 e. The van der Waals surface area contributed by atoms with Crippen LogP contribution in [0.2, 0.25) is 0 Å². The number of para-hydroxylation sites is 1. The summed E-state index contributed by atoms with van der Waals surface area (Å²) in [6.07, 6.45) is 0.983. The lowest BCUT2D eigenvalue weighted by Gasteiger charge is -2.41. The van der Waals surface area contributed by atoms with E-state index >= 15 is 0 Å². The van der Waals surface area contributed by atoms with Gasteiger partial charge in [0.1, 0.15) is 0 Å². The fourth-order valence-corrected chi connectivity index (χ4v) is 3.88. The molecule has 2 atom stereocenters. The maximum absolute atomic E-state index is 12.8. The van der Waals surface area contributed by atoms with Gasteiger partial charge in [-0.15, -0.1) is 0 Å². The molecule has 2 aromatic rings. The number of amides is 1. The van der Waals surface area contributed by atoms with E-state index in [0.717, 1.165) is 11.4 Å². The molecular formula is C22H25N2O3-. The summed E-state index contributed by atoms with van der Waals surface area (Å²) < 4.78 is 0. The minimum absolute atomic E-state index is 0.145. The van der Waals surface area contributed by atoms with Gasteiger partial charge in [0.2, 0.25) is 5.91 Å². The Bertz CT molecular complexity index is 830. The predicted octanol–water partition coefficient (Wildman–Crippen LogP) is 3.56. The van der Waals surface area contributed by atoms with Crippen molar-refractivity contribution in [3.63, 3.8) is 0 Å². The summed E-state index contributed by atoms with van der Waals surface area (Å²) >= 11 is 0. The van der Waals surface area contributed by atoms with Crippen LogP contribution in [0.3, 0.4) is 0 Å². The first-order valence-electron chi connectivity index (χ1n) is 9.18. The summed E-state index contributed by atoms with van der Waals surface area (Å²) in [4.78, 5) is 24.4. The van der Waals surface area contributed by atoms with Crippen LogP contribution in [0.25, 0.3) is 0 Å². The van der Waals surface area contributed by atoms with Crippen molar-refractivity contribution in [3.05, 3.63) is 54.6 Å². The molecule has 1 fully saturated rings. The smallest absolute Gasteiger partial charge is 0.228 e. The molecule has 1 amide bonds. The monoisotopic (exact) mass is 365 g/mol. The van der Waals surface area contributed by atoms with Gasteiger partial charge in [0.05, 0.1) is 0 Å². The molecule has 0 heterocycles. The second-order valence-electron chi connectivity index (χ2n) is 7.99. The number of carbonyl (C=O) groups is 2. The molecule has 142 valence electrons. The highest BCUT2D eigenvalue weighted by Gasteiger charge is 2.54. The van der Waals surface area contributed by atoms with E-state index in [4.69, 9.17) is 0 Å². The first-order chi connectivity index (χ1) is 12.7. The Balaban J connectivity index is 1.67. The number of benzene rings is 2. The summed E-state index contributed by atoms with van der Waals surface area (Å²) in [5.41, 5.74) is 0.924. The third kappa shape index (κ3) is 3.54. The Labute approximate surface area is 159 Å². The molecule has 2 N–H and O–H groups in total. The van der Waals surface area contributed by atoms with E-state index in [0.29, 0.717) is 18.5 Å². The highest BCUT2D eigenvalue weighted by Crippen LogP contribution is 2.55. The van der Waals surface area contributed by atoms with Gasteiger partial charge in [-0.25, -0.2) is 0 Å². The topological polar surface area (TPSA) is 81.3 Å². The van der Waals surface area contributed by atoms with Gasteiger partial charge in [0, 0.05) is 34.4 Å². The molecule has 0 spiro atoms. The lowest BCUT2D eigenvalue weighted by atomic mass is 9.65. The quantitative estimate of drug-likeness (QED) is 0.849. The van der Waals surface area contributed by atoms with Gasteiger partial charge in [-0.1, -0.05) is 39.0 Å². The van der Waals surface area contributed by atoms with Crippen molar-refractivity contribution >= 4 is 28.9 Å². The third-order valence-corrected chi connectivity index (χ3v) is 6.21. The van der Waals surface area contributed by atoms with Gasteiger partial charge in [-0.05, 0) is 54.7 Å². The van der Waals surface area contributed by atoms with Crippen molar-refractivity contribution in [3.8, 4) is 0 Å². The van der Waals surface area contributed by atoms with Crippen LogP contribution < -0.4 is 15.7 Å². The van der Waals surface area contributed by atoms with E-state index in [1.54, 1.807) is 6.92 Å². The minimum Gasteiger partial charge on any atom is -0.550 e. The lowest BCUT2D eigenvalue weighted by Crippen LogP contribution is -2.49. The zero-order valence-corrected chi connectivity index (χ0v) is 15.9. The summed E-state index contributed by atoms with van der Waals surface area (Å²) in [7, 11) is 0. The normalized spacial score (nSPS) is 23.6. The van der Waals surface area contributed by atoms with E-state index < -0.39 is 16.8 Å². The van der Waals surface area contributed by atoms with Crippen molar-refractivity contribution in [1.82, 2.24) is 0 Å². The molecule has 5 heteroatoms. The Morgan fingerprint density at radius 2 is 1.48 bits per heavy atom. The Morgan fingerprint density at radius 3 is 2.04 bits per heavy atom. The van der Waals surface area contributed by atoms with Gasteiger partial charge in [-0.3, -0.25) is 4.79 Å². The standard InChI is InChI=1S/C22H26N2O3/c1-21(2)18(13-14-22(21,3)20(26)27)19(25)24-17-11-9-16(10-12-17)23-15-7-5-4-6-8-15/h4-12,18,23H,13-14H2,1-3H3,(H,24,25)(H,26,27)/p-1. The molecule has 1 saturated carbocycles. The lowest BCUT2D eigenvalue weighted by molar-refractivity contribution is -0.323. The van der Waals surface area contributed by atoms with Crippen LogP contribution in [-0.4, -0.2) is 11.9 Å². The molecule has 27 heavy (non-hydrogen) atoms. The predicted molar refractivity (Wildman–Crippen MR) is 104 cm³/mol. The minimum atomic E-state index is -1.08. The molecule has 0 radical (unpaired) electrons. The molecule has 2 aromatic carbocycles. The van der Waals surface area contributed by atoms with Crippen molar-refractivity contribution in [2.24, 2.45) is 16.7 Å². The number of anilines is 3. The van der Waals surface area contributed by atoms with Crippen LogP contribution in [0.15, 0.2) is 54.6 Å². The van der Waals surface area contributed by atoms with Crippen LogP contribution in [-0.2, 0) is 9.59 Å². The number of nitrogens with one attached hydrogen (secondary N) is 2. The zero-order valence-electron chi connectivity index (χ0n) is 15.9. The number of hydrogen-bond donors (Lipinski definition) is 2. The van der Waals surface area contributed by atoms with Gasteiger partial charge >= 0.3 is 0 Å². The van der Waals surface area contributed by atoms with Crippen molar-refractivity contribution < 1.29 is 14.7 Å².